The standard InChI is InChI=1S/C24H28N2O2/c1-3-4-14-28-21-10-11-22(19(16-21)17-25)26-23(27)24(12-5-6-13-24)20-9-7-8-18(2)15-20/h7-11,15-16H,3-6,12-14H2,1-2H3,(H,26,27). The van der Waals surface area contributed by atoms with Crippen molar-refractivity contribution in [3.8, 4) is 11.8 Å². The van der Waals surface area contributed by atoms with Gasteiger partial charge in [-0.2, -0.15) is 5.26 Å². The highest BCUT2D eigenvalue weighted by atomic mass is 16.5. The number of hydrogen-bond donors (Lipinski definition) is 1. The highest BCUT2D eigenvalue weighted by Crippen LogP contribution is 2.42. The van der Waals surface area contributed by atoms with Crippen LogP contribution in [0.25, 0.3) is 0 Å². The number of carbonyl (C=O) groups excluding carboxylic acids is 1. The first-order valence-corrected chi connectivity index (χ1v) is 10.1. The van der Waals surface area contributed by atoms with Crippen molar-refractivity contribution in [2.24, 2.45) is 0 Å². The molecule has 0 spiro atoms. The quantitative estimate of drug-likeness (QED) is 0.649. The molecule has 1 fully saturated rings. The molecule has 1 aliphatic rings. The van der Waals surface area contributed by atoms with Crippen LogP contribution >= 0.6 is 0 Å². The number of nitrogens with zero attached hydrogens (tertiary/aromatic N) is 1. The molecular weight excluding hydrogens is 348 g/mol. The van der Waals surface area contributed by atoms with Gasteiger partial charge in [-0.3, -0.25) is 4.79 Å². The number of nitrogens with one attached hydrogen (secondary N) is 1. The van der Waals surface area contributed by atoms with Crippen LogP contribution in [0.15, 0.2) is 42.5 Å². The summed E-state index contributed by atoms with van der Waals surface area (Å²) in [7, 11) is 0. The molecule has 1 saturated carbocycles. The monoisotopic (exact) mass is 376 g/mol. The van der Waals surface area contributed by atoms with Gasteiger partial charge in [0, 0.05) is 0 Å². The molecule has 2 aromatic carbocycles. The van der Waals surface area contributed by atoms with Gasteiger partial charge in [-0.1, -0.05) is 56.0 Å². The fraction of sp³-hybridized carbons (Fsp3) is 0.417. The van der Waals surface area contributed by atoms with E-state index in [4.69, 9.17) is 4.74 Å². The van der Waals surface area contributed by atoms with Gasteiger partial charge < -0.3 is 10.1 Å². The van der Waals surface area contributed by atoms with Crippen LogP contribution in [0.2, 0.25) is 0 Å². The lowest BCUT2D eigenvalue weighted by molar-refractivity contribution is -0.121. The van der Waals surface area contributed by atoms with Crippen LogP contribution in [0.1, 0.15) is 62.1 Å². The van der Waals surface area contributed by atoms with Crippen molar-refractivity contribution in [3.63, 3.8) is 0 Å². The molecule has 0 atom stereocenters. The number of ether oxygens (including phenoxy) is 1. The summed E-state index contributed by atoms with van der Waals surface area (Å²) in [4.78, 5) is 13.4. The zero-order chi connectivity index (χ0) is 20.0. The Labute approximate surface area is 167 Å². The van der Waals surface area contributed by atoms with Crippen molar-refractivity contribution >= 4 is 11.6 Å². The summed E-state index contributed by atoms with van der Waals surface area (Å²) in [5.74, 6) is 0.643. The number of nitriles is 1. The second-order valence-electron chi connectivity index (χ2n) is 7.63. The molecule has 1 N–H and O–H groups in total. The van der Waals surface area contributed by atoms with Crippen LogP contribution in [-0.2, 0) is 10.2 Å². The Morgan fingerprint density at radius 2 is 2.00 bits per heavy atom. The van der Waals surface area contributed by atoms with Crippen LogP contribution in [0.3, 0.4) is 0 Å². The largest absolute Gasteiger partial charge is 0.494 e. The molecule has 0 aromatic heterocycles. The Morgan fingerprint density at radius 1 is 1.21 bits per heavy atom. The maximum absolute atomic E-state index is 13.4. The fourth-order valence-electron chi connectivity index (χ4n) is 3.96. The smallest absolute Gasteiger partial charge is 0.235 e. The van der Waals surface area contributed by atoms with Gasteiger partial charge in [0.2, 0.25) is 5.91 Å². The van der Waals surface area contributed by atoms with E-state index in [0.717, 1.165) is 49.7 Å². The summed E-state index contributed by atoms with van der Waals surface area (Å²) in [6.45, 7) is 4.79. The van der Waals surface area contributed by atoms with E-state index >= 15 is 0 Å². The average molecular weight is 377 g/mol. The molecular formula is C24H28N2O2. The minimum Gasteiger partial charge on any atom is -0.494 e. The topological polar surface area (TPSA) is 62.1 Å². The van der Waals surface area contributed by atoms with Crippen molar-refractivity contribution in [1.29, 1.82) is 5.26 Å². The maximum atomic E-state index is 13.4. The lowest BCUT2D eigenvalue weighted by Gasteiger charge is -2.29. The summed E-state index contributed by atoms with van der Waals surface area (Å²) < 4.78 is 5.69. The van der Waals surface area contributed by atoms with E-state index in [1.807, 2.05) is 18.2 Å². The van der Waals surface area contributed by atoms with Gasteiger partial charge >= 0.3 is 0 Å². The molecule has 4 heteroatoms. The van der Waals surface area contributed by atoms with E-state index in [-0.39, 0.29) is 5.91 Å². The SMILES string of the molecule is CCCCOc1ccc(NC(=O)C2(c3cccc(C)c3)CCCC2)c(C#N)c1. The van der Waals surface area contributed by atoms with Gasteiger partial charge in [0.15, 0.2) is 0 Å². The zero-order valence-corrected chi connectivity index (χ0v) is 16.8. The lowest BCUT2D eigenvalue weighted by atomic mass is 9.77. The third-order valence-electron chi connectivity index (χ3n) is 5.59. The van der Waals surface area contributed by atoms with Crippen molar-refractivity contribution in [2.45, 2.75) is 57.8 Å². The highest BCUT2D eigenvalue weighted by molar-refractivity contribution is 6.00. The van der Waals surface area contributed by atoms with Crippen LogP contribution < -0.4 is 10.1 Å². The van der Waals surface area contributed by atoms with E-state index in [9.17, 15) is 10.1 Å². The first kappa shape index (κ1) is 19.9. The molecule has 0 bridgehead atoms. The van der Waals surface area contributed by atoms with E-state index in [0.29, 0.717) is 23.6 Å². The van der Waals surface area contributed by atoms with E-state index < -0.39 is 5.41 Å². The van der Waals surface area contributed by atoms with Crippen LogP contribution in [0.4, 0.5) is 5.69 Å². The van der Waals surface area contributed by atoms with Gasteiger partial charge in [-0.15, -0.1) is 0 Å². The molecule has 0 heterocycles. The highest BCUT2D eigenvalue weighted by Gasteiger charge is 2.42. The second-order valence-corrected chi connectivity index (χ2v) is 7.63. The Bertz CT molecular complexity index is 876. The molecule has 0 aliphatic heterocycles. The second kappa shape index (κ2) is 8.93. The molecule has 146 valence electrons. The van der Waals surface area contributed by atoms with Crippen molar-refractivity contribution in [1.82, 2.24) is 0 Å². The predicted octanol–water partition coefficient (Wildman–Crippen LogP) is 5.50. The first-order chi connectivity index (χ1) is 13.6. The third kappa shape index (κ3) is 4.20. The third-order valence-corrected chi connectivity index (χ3v) is 5.59. The number of unbranched alkanes of at least 4 members (excludes halogenated alkanes) is 1. The van der Waals surface area contributed by atoms with E-state index in [1.165, 1.54) is 0 Å². The number of anilines is 1. The van der Waals surface area contributed by atoms with Gasteiger partial charge in [0.25, 0.3) is 0 Å². The van der Waals surface area contributed by atoms with Gasteiger partial charge in [-0.25, -0.2) is 0 Å². The Morgan fingerprint density at radius 3 is 2.68 bits per heavy atom. The Balaban J connectivity index is 1.83. The summed E-state index contributed by atoms with van der Waals surface area (Å²) >= 11 is 0. The zero-order valence-electron chi connectivity index (χ0n) is 16.8. The normalized spacial score (nSPS) is 15.0. The minimum absolute atomic E-state index is 0.0215. The molecule has 1 aliphatic carbocycles. The number of aryl methyl sites for hydroxylation is 1. The number of amides is 1. The molecule has 2 aromatic rings. The van der Waals surface area contributed by atoms with E-state index in [1.54, 1.807) is 12.1 Å². The summed E-state index contributed by atoms with van der Waals surface area (Å²) in [6.07, 6.45) is 5.78. The van der Waals surface area contributed by atoms with Crippen LogP contribution in [-0.4, -0.2) is 12.5 Å². The first-order valence-electron chi connectivity index (χ1n) is 10.1. The predicted molar refractivity (Wildman–Crippen MR) is 112 cm³/mol. The van der Waals surface area contributed by atoms with Gasteiger partial charge in [0.1, 0.15) is 11.8 Å². The van der Waals surface area contributed by atoms with Crippen molar-refractivity contribution < 1.29 is 9.53 Å². The van der Waals surface area contributed by atoms with Crippen LogP contribution in [0.5, 0.6) is 5.75 Å². The number of hydrogen-bond acceptors (Lipinski definition) is 3. The number of carbonyl (C=O) groups is 1. The van der Waals surface area contributed by atoms with E-state index in [2.05, 4.69) is 37.4 Å². The fourth-order valence-corrected chi connectivity index (χ4v) is 3.96. The maximum Gasteiger partial charge on any atom is 0.235 e. The summed E-state index contributed by atoms with van der Waals surface area (Å²) in [6, 6.07) is 15.7. The Hall–Kier alpha value is -2.80. The average Bonchev–Trinajstić information content (AvgIpc) is 3.20. The summed E-state index contributed by atoms with van der Waals surface area (Å²) in [5, 5.41) is 12.6. The van der Waals surface area contributed by atoms with Gasteiger partial charge in [0.05, 0.1) is 23.3 Å². The molecule has 4 nitrogen and oxygen atoms in total. The summed E-state index contributed by atoms with van der Waals surface area (Å²) in [5.41, 5.74) is 2.69. The van der Waals surface area contributed by atoms with Gasteiger partial charge in [-0.05, 0) is 49.9 Å². The van der Waals surface area contributed by atoms with Crippen molar-refractivity contribution in [3.05, 3.63) is 59.2 Å². The minimum atomic E-state index is -0.519. The number of rotatable bonds is 7. The molecule has 28 heavy (non-hydrogen) atoms. The molecule has 0 saturated heterocycles. The molecule has 0 unspecified atom stereocenters. The number of benzene rings is 2. The molecule has 3 rings (SSSR count). The van der Waals surface area contributed by atoms with Crippen molar-refractivity contribution in [2.75, 3.05) is 11.9 Å². The molecule has 0 radical (unpaired) electrons. The lowest BCUT2D eigenvalue weighted by Crippen LogP contribution is -2.38. The van der Waals surface area contributed by atoms with Crippen LogP contribution in [0, 0.1) is 18.3 Å². The molecule has 1 amide bonds. The Kier molecular flexibility index (Phi) is 6.36.